The molecular weight excluding hydrogens is 1190 g/mol. The van der Waals surface area contributed by atoms with Gasteiger partial charge in [-0.25, -0.2) is 22.9 Å². The van der Waals surface area contributed by atoms with Crippen LogP contribution in [0, 0.1) is 29.4 Å². The summed E-state index contributed by atoms with van der Waals surface area (Å²) < 4.78 is 72.2. The highest BCUT2D eigenvalue weighted by Crippen LogP contribution is 2.43. The normalized spacial score (nSPS) is 20.6. The third-order valence-corrected chi connectivity index (χ3v) is 17.5. The number of amides is 10. The number of imide groups is 1. The van der Waals surface area contributed by atoms with Crippen LogP contribution in [0.15, 0.2) is 60.7 Å². The van der Waals surface area contributed by atoms with Crippen LogP contribution in [0.4, 0.5) is 27.2 Å². The maximum atomic E-state index is 14.7. The maximum Gasteiger partial charge on any atom is 0.409 e. The number of hydrogen-bond donors (Lipinski definition) is 7. The molecule has 9 rings (SSSR count). The summed E-state index contributed by atoms with van der Waals surface area (Å²) in [5.41, 5.74) is 6.42. The van der Waals surface area contributed by atoms with Crippen molar-refractivity contribution in [2.45, 2.75) is 113 Å². The minimum absolute atomic E-state index is 0.00259. The summed E-state index contributed by atoms with van der Waals surface area (Å²) in [5.74, 6) is -1.45. The van der Waals surface area contributed by atoms with Crippen LogP contribution in [0.2, 0.25) is 0 Å². The number of primary amides is 1. The average Bonchev–Trinajstić information content (AvgIpc) is 1.99. The SMILES string of the molecule is COC(=O)N1CC[C@H]2CC[C@@H](C(=O)N[C@@H](COC(N)=O)C(=O)N[C@@H](Cc3ccc(F)c(F)c3)C(=O)N3CCC(CCC#Cc4cccc5c4CN(C4CCC(=O)NC4=O)C5=O)CC3)N2C(=O)[C@@H](NC(=O)c2cc3cc(C(F)(F)OP(O)O)ccc3s2)C1. The number of fused-ring (bicyclic) bond motifs is 3. The zero-order valence-electron chi connectivity index (χ0n) is 46.6. The zero-order valence-corrected chi connectivity index (χ0v) is 48.3. The Morgan fingerprint density at radius 1 is 0.897 bits per heavy atom. The first-order valence-electron chi connectivity index (χ1n) is 27.7. The lowest BCUT2D eigenvalue weighted by Crippen LogP contribution is -2.62. The molecule has 462 valence electrons. The van der Waals surface area contributed by atoms with Crippen LogP contribution in [0.25, 0.3) is 10.1 Å². The van der Waals surface area contributed by atoms with E-state index in [0.29, 0.717) is 47.1 Å². The van der Waals surface area contributed by atoms with E-state index >= 15 is 0 Å². The number of alkyl halides is 2. The third-order valence-electron chi connectivity index (χ3n) is 16.0. The molecule has 1 aromatic heterocycles. The molecule has 0 spiro atoms. The first kappa shape index (κ1) is 63.2. The molecule has 24 nitrogen and oxygen atoms in total. The van der Waals surface area contributed by atoms with Crippen molar-refractivity contribution in [1.29, 1.82) is 0 Å². The summed E-state index contributed by atoms with van der Waals surface area (Å²) in [6.07, 6.45) is -3.82. The summed E-state index contributed by atoms with van der Waals surface area (Å²) in [6.45, 7) is -0.718. The fraction of sp³-hybridized carbons (Fsp3) is 0.439. The van der Waals surface area contributed by atoms with Gasteiger partial charge >= 0.3 is 26.9 Å². The Balaban J connectivity index is 0.864. The molecule has 5 aliphatic rings. The molecule has 4 fully saturated rings. The first-order chi connectivity index (χ1) is 41.5. The van der Waals surface area contributed by atoms with Crippen molar-refractivity contribution in [1.82, 2.24) is 40.9 Å². The number of piperidine rings is 2. The summed E-state index contributed by atoms with van der Waals surface area (Å²) >= 11 is 0.864. The Hall–Kier alpha value is -8.29. The monoisotopic (exact) mass is 1250 g/mol. The van der Waals surface area contributed by atoms with E-state index in [9.17, 15) is 65.5 Å². The minimum atomic E-state index is -4.10. The van der Waals surface area contributed by atoms with E-state index in [-0.39, 0.29) is 98.3 Å². The highest BCUT2D eigenvalue weighted by Gasteiger charge is 2.47. The Kier molecular flexibility index (Phi) is 19.7. The molecule has 6 heterocycles. The second-order valence-electron chi connectivity index (χ2n) is 21.5. The van der Waals surface area contributed by atoms with Crippen LogP contribution >= 0.6 is 19.9 Å². The van der Waals surface area contributed by atoms with Gasteiger partial charge in [-0.05, 0) is 116 Å². The maximum absolute atomic E-state index is 14.7. The second kappa shape index (κ2) is 27.2. The van der Waals surface area contributed by atoms with Crippen molar-refractivity contribution >= 4 is 89.5 Å². The highest BCUT2D eigenvalue weighted by molar-refractivity contribution is 7.39. The summed E-state index contributed by atoms with van der Waals surface area (Å²) in [4.78, 5) is 158. The van der Waals surface area contributed by atoms with Crippen molar-refractivity contribution in [3.05, 3.63) is 105 Å². The van der Waals surface area contributed by atoms with Gasteiger partial charge < -0.3 is 60.5 Å². The third kappa shape index (κ3) is 14.8. The quantitative estimate of drug-likeness (QED) is 0.0344. The number of ether oxygens (including phenoxy) is 2. The lowest BCUT2D eigenvalue weighted by molar-refractivity contribution is -0.189. The van der Waals surface area contributed by atoms with Gasteiger partial charge in [-0.3, -0.25) is 43.7 Å². The van der Waals surface area contributed by atoms with Crippen LogP contribution in [0.3, 0.4) is 0 Å². The fourth-order valence-electron chi connectivity index (χ4n) is 11.5. The molecule has 3 aromatic carbocycles. The predicted molar refractivity (Wildman–Crippen MR) is 299 cm³/mol. The number of carbonyl (C=O) groups excluding carboxylic acids is 10. The van der Waals surface area contributed by atoms with Gasteiger partial charge in [0, 0.05) is 67.3 Å². The lowest BCUT2D eigenvalue weighted by atomic mass is 9.91. The van der Waals surface area contributed by atoms with Crippen LogP contribution in [-0.2, 0) is 61.8 Å². The summed E-state index contributed by atoms with van der Waals surface area (Å²) in [7, 11) is -2.32. The number of halogens is 4. The molecule has 6 atom stereocenters. The Morgan fingerprint density at radius 3 is 2.37 bits per heavy atom. The fourth-order valence-corrected chi connectivity index (χ4v) is 12.8. The molecule has 0 saturated carbocycles. The molecule has 30 heteroatoms. The van der Waals surface area contributed by atoms with Gasteiger partial charge in [0.05, 0.1) is 24.1 Å². The number of nitrogens with two attached hydrogens (primary N) is 1. The number of likely N-dealkylation sites (tertiary alicyclic amines) is 1. The van der Waals surface area contributed by atoms with Crippen molar-refractivity contribution < 1.29 is 89.3 Å². The second-order valence-corrected chi connectivity index (χ2v) is 23.3. The van der Waals surface area contributed by atoms with Gasteiger partial charge in [0.15, 0.2) is 11.6 Å². The lowest BCUT2D eigenvalue weighted by Gasteiger charge is -2.38. The van der Waals surface area contributed by atoms with E-state index in [1.807, 2.05) is 0 Å². The molecule has 10 amide bonds. The first-order valence-corrected chi connectivity index (χ1v) is 29.7. The van der Waals surface area contributed by atoms with E-state index in [0.717, 1.165) is 42.7 Å². The smallest absolute Gasteiger partial charge is 0.409 e. The molecule has 8 N–H and O–H groups in total. The molecule has 5 aliphatic heterocycles. The number of benzene rings is 3. The zero-order chi connectivity index (χ0) is 62.4. The number of nitrogens with one attached hydrogen (secondary N) is 4. The summed E-state index contributed by atoms with van der Waals surface area (Å²) in [6, 6.07) is 4.96. The Labute approximate surface area is 499 Å². The molecule has 87 heavy (non-hydrogen) atoms. The van der Waals surface area contributed by atoms with Gasteiger partial charge in [0.25, 0.3) is 11.8 Å². The van der Waals surface area contributed by atoms with E-state index < -0.39 is 129 Å². The molecule has 0 radical (unpaired) electrons. The van der Waals surface area contributed by atoms with E-state index in [1.54, 1.807) is 18.2 Å². The van der Waals surface area contributed by atoms with Gasteiger partial charge in [0.2, 0.25) is 35.4 Å². The van der Waals surface area contributed by atoms with Crippen molar-refractivity contribution in [3.63, 3.8) is 0 Å². The van der Waals surface area contributed by atoms with Crippen LogP contribution in [0.1, 0.15) is 100 Å². The van der Waals surface area contributed by atoms with Crippen LogP contribution < -0.4 is 27.0 Å². The van der Waals surface area contributed by atoms with Gasteiger partial charge in [-0.15, -0.1) is 11.3 Å². The predicted octanol–water partition coefficient (Wildman–Crippen LogP) is 3.53. The van der Waals surface area contributed by atoms with Crippen molar-refractivity contribution in [2.24, 2.45) is 11.7 Å². The number of thiophene rings is 1. The van der Waals surface area contributed by atoms with Gasteiger partial charge in [-0.2, -0.15) is 8.78 Å². The Morgan fingerprint density at radius 2 is 1.66 bits per heavy atom. The molecule has 4 aromatic rings. The molecule has 0 aliphatic carbocycles. The van der Waals surface area contributed by atoms with E-state index in [1.165, 1.54) is 37.8 Å². The van der Waals surface area contributed by atoms with Gasteiger partial charge in [0.1, 0.15) is 36.8 Å². The number of hydrogen-bond acceptors (Lipinski definition) is 16. The largest absolute Gasteiger partial charge is 0.453 e. The van der Waals surface area contributed by atoms with Crippen LogP contribution in [0.5, 0.6) is 0 Å². The Bertz CT molecular complexity index is 3470. The number of carbonyl (C=O) groups is 10. The topological polar surface area (TPSA) is 326 Å². The summed E-state index contributed by atoms with van der Waals surface area (Å²) in [5, 5.41) is 10.1. The molecule has 1 unspecified atom stereocenters. The number of methoxy groups -OCH3 is 1. The minimum Gasteiger partial charge on any atom is -0.453 e. The standard InChI is InChI=1S/C57H60F4N9O15PS/c1-83-56(80)68-22-19-35-11-13-44(70(35)54(78)41(28-68)64-51(75)46-26-33-25-34(10-15-45(33)87-46)57(60,61)85-86(81)82)50(74)65-42(29-84-55(62)79)48(72)63-40(24-31-9-12-38(58)39(59)23-31)53(77)67-20-17-30(18-21-67)5-2-3-6-32-7-4-8-36-37(32)27-69(52(36)76)43-14-16-47(71)66-49(43)73/h4,7-10,12,15,23,25-26,30,35,40-44,81-82H,2,5,11,13-14,16-22,24,27-29H2,1H3,(H2,62,79)(H,63,72)(H,64,75)(H,65,74)(H,66,71,73)/t35-,40+,41+,42+,43?,44+/m1/s1. The highest BCUT2D eigenvalue weighted by atomic mass is 32.1. The molecule has 4 saturated heterocycles. The van der Waals surface area contributed by atoms with E-state index in [2.05, 4.69) is 37.6 Å². The molecular formula is C57H60F4N9O15PS. The van der Waals surface area contributed by atoms with Crippen LogP contribution in [-0.4, -0.2) is 165 Å². The average molecular weight is 1250 g/mol. The molecule has 0 bridgehead atoms. The number of rotatable bonds is 17. The van der Waals surface area contributed by atoms with Crippen molar-refractivity contribution in [2.75, 3.05) is 39.9 Å². The number of nitrogens with zero attached hydrogens (tertiary/aromatic N) is 4. The van der Waals surface area contributed by atoms with E-state index in [4.69, 9.17) is 25.0 Å². The van der Waals surface area contributed by atoms with Gasteiger partial charge in [-0.1, -0.05) is 24.0 Å². The van der Waals surface area contributed by atoms with Crippen molar-refractivity contribution in [3.8, 4) is 11.8 Å².